The Kier molecular flexibility index (Phi) is 5.70. The van der Waals surface area contributed by atoms with Crippen molar-refractivity contribution < 1.29 is 9.47 Å². The van der Waals surface area contributed by atoms with E-state index in [1.165, 1.54) is 5.69 Å². The van der Waals surface area contributed by atoms with Gasteiger partial charge in [-0.25, -0.2) is 9.97 Å². The molecule has 1 aliphatic heterocycles. The molecule has 0 spiro atoms. The zero-order chi connectivity index (χ0) is 22.9. The first-order valence-electron chi connectivity index (χ1n) is 10.7. The van der Waals surface area contributed by atoms with Gasteiger partial charge in [-0.1, -0.05) is 17.7 Å². The number of morpholine rings is 1. The molecule has 9 heteroatoms. The Balaban J connectivity index is 1.53. The lowest BCUT2D eigenvalue weighted by molar-refractivity contribution is 0.122. The second kappa shape index (κ2) is 8.80. The van der Waals surface area contributed by atoms with Crippen LogP contribution in [-0.2, 0) is 11.8 Å². The molecule has 1 saturated heterocycles. The Hall–Kier alpha value is -3.49. The van der Waals surface area contributed by atoms with Gasteiger partial charge in [0.15, 0.2) is 0 Å². The van der Waals surface area contributed by atoms with Crippen molar-refractivity contribution in [2.75, 3.05) is 49.4 Å². The van der Waals surface area contributed by atoms with Crippen molar-refractivity contribution in [1.29, 1.82) is 0 Å². The molecule has 0 bridgehead atoms. The Bertz CT molecular complexity index is 1320. The highest BCUT2D eigenvalue weighted by molar-refractivity contribution is 6.33. The molecular formula is C24H25ClN6O2. The first kappa shape index (κ1) is 21.4. The molecule has 3 N–H and O–H groups in total. The molecule has 0 radical (unpaired) electrons. The topological polar surface area (TPSA) is 90.5 Å². The number of benzene rings is 2. The summed E-state index contributed by atoms with van der Waals surface area (Å²) in [5, 5.41) is 4.75. The van der Waals surface area contributed by atoms with E-state index < -0.39 is 0 Å². The summed E-state index contributed by atoms with van der Waals surface area (Å²) in [5.74, 6) is 1.05. The molecule has 1 fully saturated rings. The number of hydrogen-bond acceptors (Lipinski definition) is 7. The van der Waals surface area contributed by atoms with Gasteiger partial charge in [-0.05, 0) is 30.3 Å². The van der Waals surface area contributed by atoms with Crippen molar-refractivity contribution >= 4 is 45.5 Å². The second-order valence-electron chi connectivity index (χ2n) is 7.93. The summed E-state index contributed by atoms with van der Waals surface area (Å²) in [4.78, 5) is 11.4. The van der Waals surface area contributed by atoms with Gasteiger partial charge in [-0.2, -0.15) is 0 Å². The molecular weight excluding hydrogens is 440 g/mol. The molecule has 0 unspecified atom stereocenters. The largest absolute Gasteiger partial charge is 0.495 e. The predicted octanol–water partition coefficient (Wildman–Crippen LogP) is 4.46. The van der Waals surface area contributed by atoms with Crippen molar-refractivity contribution in [3.8, 4) is 17.0 Å². The molecule has 170 valence electrons. The van der Waals surface area contributed by atoms with Crippen molar-refractivity contribution in [3.05, 3.63) is 53.8 Å². The van der Waals surface area contributed by atoms with E-state index in [1.54, 1.807) is 31.5 Å². The number of nitrogens with one attached hydrogen (secondary N) is 1. The number of halogens is 1. The van der Waals surface area contributed by atoms with Gasteiger partial charge < -0.3 is 30.0 Å². The van der Waals surface area contributed by atoms with E-state index in [0.717, 1.165) is 42.8 Å². The normalized spacial score (nSPS) is 14.0. The predicted molar refractivity (Wildman–Crippen MR) is 133 cm³/mol. The monoisotopic (exact) mass is 464 g/mol. The van der Waals surface area contributed by atoms with Crippen LogP contribution < -0.4 is 20.7 Å². The fraction of sp³-hybridized carbons (Fsp3) is 0.250. The molecule has 0 amide bonds. The number of rotatable bonds is 5. The van der Waals surface area contributed by atoms with Crippen LogP contribution in [0.5, 0.6) is 5.75 Å². The third-order valence-electron chi connectivity index (χ3n) is 5.82. The van der Waals surface area contributed by atoms with Crippen molar-refractivity contribution in [2.45, 2.75) is 0 Å². The zero-order valence-electron chi connectivity index (χ0n) is 18.5. The summed E-state index contributed by atoms with van der Waals surface area (Å²) in [5.41, 5.74) is 11.1. The zero-order valence-corrected chi connectivity index (χ0v) is 19.3. The molecule has 2 aromatic carbocycles. The van der Waals surface area contributed by atoms with Crippen LogP contribution in [0.2, 0.25) is 5.02 Å². The molecule has 1 aliphatic rings. The average molecular weight is 465 g/mol. The number of fused-ring (bicyclic) bond motifs is 1. The second-order valence-corrected chi connectivity index (χ2v) is 8.34. The van der Waals surface area contributed by atoms with Gasteiger partial charge >= 0.3 is 0 Å². The average Bonchev–Trinajstić information content (AvgIpc) is 3.16. The third-order valence-corrected chi connectivity index (χ3v) is 6.10. The maximum absolute atomic E-state index is 6.55. The number of aromatic nitrogens is 3. The SMILES string of the molecule is COc1ccc(N)cc1Nc1ncc(Cl)c(-c2cn(C)c3cc(N4CCOCC4)ccc23)n1. The Morgan fingerprint density at radius 1 is 1.15 bits per heavy atom. The van der Waals surface area contributed by atoms with Crippen LogP contribution in [-0.4, -0.2) is 47.9 Å². The van der Waals surface area contributed by atoms with E-state index >= 15 is 0 Å². The molecule has 0 saturated carbocycles. The van der Waals surface area contributed by atoms with Crippen LogP contribution >= 0.6 is 11.6 Å². The van der Waals surface area contributed by atoms with Crippen molar-refractivity contribution in [2.24, 2.45) is 7.05 Å². The van der Waals surface area contributed by atoms with E-state index in [-0.39, 0.29) is 0 Å². The van der Waals surface area contributed by atoms with Crippen LogP contribution in [0.15, 0.2) is 48.8 Å². The minimum atomic E-state index is 0.403. The number of methoxy groups -OCH3 is 1. The number of nitrogens with zero attached hydrogens (tertiary/aromatic N) is 4. The number of aryl methyl sites for hydroxylation is 1. The van der Waals surface area contributed by atoms with Crippen LogP contribution in [0.3, 0.4) is 0 Å². The van der Waals surface area contributed by atoms with Crippen molar-refractivity contribution in [3.63, 3.8) is 0 Å². The number of hydrogen-bond donors (Lipinski definition) is 2. The van der Waals surface area contributed by atoms with Gasteiger partial charge in [0.1, 0.15) is 5.75 Å². The van der Waals surface area contributed by atoms with Gasteiger partial charge in [-0.15, -0.1) is 0 Å². The highest BCUT2D eigenvalue weighted by Gasteiger charge is 2.18. The smallest absolute Gasteiger partial charge is 0.227 e. The van der Waals surface area contributed by atoms with Crippen LogP contribution in [0.25, 0.3) is 22.2 Å². The van der Waals surface area contributed by atoms with Gasteiger partial charge in [0.2, 0.25) is 5.95 Å². The summed E-state index contributed by atoms with van der Waals surface area (Å²) in [7, 11) is 3.63. The molecule has 0 atom stereocenters. The number of ether oxygens (including phenoxy) is 2. The third kappa shape index (κ3) is 4.15. The summed E-state index contributed by atoms with van der Waals surface area (Å²) in [6.07, 6.45) is 3.65. The molecule has 2 aromatic heterocycles. The molecule has 5 rings (SSSR count). The molecule has 0 aliphatic carbocycles. The minimum Gasteiger partial charge on any atom is -0.495 e. The quantitative estimate of drug-likeness (QED) is 0.421. The van der Waals surface area contributed by atoms with Crippen LogP contribution in [0.1, 0.15) is 0 Å². The highest BCUT2D eigenvalue weighted by atomic mass is 35.5. The number of nitrogens with two attached hydrogens (primary N) is 1. The van der Waals surface area contributed by atoms with Gasteiger partial charge in [0.25, 0.3) is 0 Å². The standard InChI is InChI=1S/C24H25ClN6O2/c1-30-14-18(17-5-4-16(12-21(17)30)31-7-9-33-10-8-31)23-19(25)13-27-24(29-23)28-20-11-15(26)3-6-22(20)32-2/h3-6,11-14H,7-10,26H2,1-2H3,(H,27,28,29). The maximum atomic E-state index is 6.55. The maximum Gasteiger partial charge on any atom is 0.227 e. The molecule has 8 nitrogen and oxygen atoms in total. The minimum absolute atomic E-state index is 0.403. The van der Waals surface area contributed by atoms with E-state index in [2.05, 4.69) is 38.0 Å². The molecule has 3 heterocycles. The first-order valence-corrected chi connectivity index (χ1v) is 11.1. The summed E-state index contributed by atoms with van der Waals surface area (Å²) in [6, 6.07) is 11.8. The van der Waals surface area contributed by atoms with Crippen LogP contribution in [0, 0.1) is 0 Å². The Morgan fingerprint density at radius 3 is 2.76 bits per heavy atom. The molecule has 4 aromatic rings. The van der Waals surface area contributed by atoms with Crippen LogP contribution in [0.4, 0.5) is 23.0 Å². The lowest BCUT2D eigenvalue weighted by atomic mass is 10.1. The van der Waals surface area contributed by atoms with Gasteiger partial charge in [-0.3, -0.25) is 0 Å². The summed E-state index contributed by atoms with van der Waals surface area (Å²) in [6.45, 7) is 3.28. The van der Waals surface area contributed by atoms with E-state index in [1.807, 2.05) is 13.2 Å². The lowest BCUT2D eigenvalue weighted by Crippen LogP contribution is -2.36. The fourth-order valence-electron chi connectivity index (χ4n) is 4.14. The Morgan fingerprint density at radius 2 is 1.97 bits per heavy atom. The van der Waals surface area contributed by atoms with E-state index in [4.69, 9.17) is 31.8 Å². The van der Waals surface area contributed by atoms with Crippen molar-refractivity contribution in [1.82, 2.24) is 14.5 Å². The summed E-state index contributed by atoms with van der Waals surface area (Å²) < 4.78 is 13.0. The Labute approximate surface area is 196 Å². The van der Waals surface area contributed by atoms with Gasteiger partial charge in [0.05, 0.1) is 48.4 Å². The van der Waals surface area contributed by atoms with E-state index in [9.17, 15) is 0 Å². The van der Waals surface area contributed by atoms with E-state index in [0.29, 0.717) is 33.8 Å². The van der Waals surface area contributed by atoms with Gasteiger partial charge in [0, 0.05) is 48.7 Å². The number of anilines is 4. The molecule has 33 heavy (non-hydrogen) atoms. The highest BCUT2D eigenvalue weighted by Crippen LogP contribution is 2.36. The lowest BCUT2D eigenvalue weighted by Gasteiger charge is -2.29. The number of nitrogen functional groups attached to an aromatic ring is 1. The first-order chi connectivity index (χ1) is 16.0. The summed E-state index contributed by atoms with van der Waals surface area (Å²) >= 11 is 6.55. The fourth-order valence-corrected chi connectivity index (χ4v) is 4.33.